The predicted molar refractivity (Wildman–Crippen MR) is 121 cm³/mol. The first-order valence-corrected chi connectivity index (χ1v) is 11.0. The third-order valence-electron chi connectivity index (χ3n) is 5.01. The van der Waals surface area contributed by atoms with Crippen LogP contribution in [0.25, 0.3) is 0 Å². The lowest BCUT2D eigenvalue weighted by molar-refractivity contribution is -0.117. The molecule has 1 N–H and O–H groups in total. The van der Waals surface area contributed by atoms with Crippen LogP contribution in [0.3, 0.4) is 0 Å². The van der Waals surface area contributed by atoms with Crippen LogP contribution in [0.4, 0.5) is 5.69 Å². The second kappa shape index (κ2) is 10.1. The van der Waals surface area contributed by atoms with Gasteiger partial charge in [0.05, 0.1) is 5.25 Å². The summed E-state index contributed by atoms with van der Waals surface area (Å²) in [4.78, 5) is 27.0. The minimum absolute atomic E-state index is 0.0443. The molecule has 0 aliphatic carbocycles. The Balaban J connectivity index is 1.90. The van der Waals surface area contributed by atoms with Gasteiger partial charge in [0.25, 0.3) is 5.91 Å². The van der Waals surface area contributed by atoms with Crippen LogP contribution >= 0.6 is 11.8 Å². The van der Waals surface area contributed by atoms with Gasteiger partial charge in [0.2, 0.25) is 5.91 Å². The molecule has 1 aliphatic heterocycles. The van der Waals surface area contributed by atoms with Crippen molar-refractivity contribution in [3.05, 3.63) is 76.3 Å². The molecule has 0 unspecified atom stereocenters. The highest BCUT2D eigenvalue weighted by Crippen LogP contribution is 2.41. The third-order valence-corrected chi connectivity index (χ3v) is 6.27. The average Bonchev–Trinajstić information content (AvgIpc) is 3.09. The fourth-order valence-electron chi connectivity index (χ4n) is 3.36. The van der Waals surface area contributed by atoms with Crippen molar-refractivity contribution in [2.75, 3.05) is 11.9 Å². The van der Waals surface area contributed by atoms with Gasteiger partial charge in [0.15, 0.2) is 0 Å². The number of nitriles is 1. The molecule has 2 aromatic rings. The number of aryl methyl sites for hydroxylation is 1. The Morgan fingerprint density at radius 2 is 1.80 bits per heavy atom. The van der Waals surface area contributed by atoms with Crippen molar-refractivity contribution < 1.29 is 9.59 Å². The van der Waals surface area contributed by atoms with Crippen molar-refractivity contribution in [1.82, 2.24) is 5.32 Å². The molecule has 154 valence electrons. The Kier molecular flexibility index (Phi) is 7.31. The van der Waals surface area contributed by atoms with E-state index in [1.165, 1.54) is 29.3 Å². The van der Waals surface area contributed by atoms with Gasteiger partial charge in [-0.1, -0.05) is 67.6 Å². The van der Waals surface area contributed by atoms with E-state index in [2.05, 4.69) is 36.5 Å². The zero-order chi connectivity index (χ0) is 21.5. The van der Waals surface area contributed by atoms with E-state index in [-0.39, 0.29) is 11.5 Å². The largest absolute Gasteiger partial charge is 0.354 e. The van der Waals surface area contributed by atoms with Crippen LogP contribution < -0.4 is 10.2 Å². The molecule has 0 radical (unpaired) electrons. The van der Waals surface area contributed by atoms with E-state index in [0.717, 1.165) is 24.8 Å². The molecular formula is C24H25N3O2S. The van der Waals surface area contributed by atoms with E-state index in [1.54, 1.807) is 0 Å². The molecule has 5 nitrogen and oxygen atoms in total. The Labute approximate surface area is 181 Å². The minimum atomic E-state index is -0.491. The second-order valence-corrected chi connectivity index (χ2v) is 8.30. The first-order valence-electron chi connectivity index (χ1n) is 10.1. The Morgan fingerprint density at radius 3 is 2.40 bits per heavy atom. The highest BCUT2D eigenvalue weighted by atomic mass is 32.2. The van der Waals surface area contributed by atoms with E-state index in [9.17, 15) is 14.9 Å². The van der Waals surface area contributed by atoms with E-state index in [4.69, 9.17) is 0 Å². The number of nitrogens with one attached hydrogen (secondary N) is 1. The molecular weight excluding hydrogens is 394 g/mol. The number of para-hydroxylation sites is 1. The van der Waals surface area contributed by atoms with Crippen LogP contribution in [0.2, 0.25) is 0 Å². The SMILES string of the molecule is CCCCc1ccc(C[C@@H]2S/C(=C(/C#N)C(=O)NC)N(c3ccccc3)C2=O)cc1. The standard InChI is InChI=1S/C24H25N3O2S/c1-3-4-8-17-11-13-18(14-12-17)15-21-23(29)27(19-9-6-5-7-10-19)24(30-21)20(16-25)22(28)26-2/h5-7,9-14,21H,3-4,8,15H2,1-2H3,(H,26,28)/b24-20-/t21-/m0/s1. The lowest BCUT2D eigenvalue weighted by Gasteiger charge is -2.18. The number of carbonyl (C=O) groups excluding carboxylic acids is 2. The molecule has 3 rings (SSSR count). The maximum Gasteiger partial charge on any atom is 0.264 e. The molecule has 0 aromatic heterocycles. The molecule has 1 saturated heterocycles. The second-order valence-electron chi connectivity index (χ2n) is 7.11. The van der Waals surface area contributed by atoms with E-state index in [1.807, 2.05) is 36.4 Å². The number of thioether (sulfide) groups is 1. The summed E-state index contributed by atoms with van der Waals surface area (Å²) in [6, 6.07) is 19.5. The Hall–Kier alpha value is -3.04. The molecule has 1 atom stereocenters. The summed E-state index contributed by atoms with van der Waals surface area (Å²) >= 11 is 1.28. The molecule has 1 fully saturated rings. The van der Waals surface area contributed by atoms with Gasteiger partial charge in [0, 0.05) is 12.7 Å². The number of hydrogen-bond donors (Lipinski definition) is 1. The summed E-state index contributed by atoms with van der Waals surface area (Å²) < 4.78 is 0. The van der Waals surface area contributed by atoms with Crippen LogP contribution in [-0.2, 0) is 22.4 Å². The summed E-state index contributed by atoms with van der Waals surface area (Å²) in [7, 11) is 1.48. The summed E-state index contributed by atoms with van der Waals surface area (Å²) in [6.45, 7) is 2.18. The average molecular weight is 420 g/mol. The topological polar surface area (TPSA) is 73.2 Å². The van der Waals surface area contributed by atoms with Crippen molar-refractivity contribution in [2.45, 2.75) is 37.9 Å². The van der Waals surface area contributed by atoms with E-state index < -0.39 is 11.2 Å². The molecule has 6 heteroatoms. The predicted octanol–water partition coefficient (Wildman–Crippen LogP) is 4.20. The minimum Gasteiger partial charge on any atom is -0.354 e. The van der Waals surface area contributed by atoms with Crippen LogP contribution in [0.5, 0.6) is 0 Å². The Morgan fingerprint density at radius 1 is 1.13 bits per heavy atom. The number of nitrogens with zero attached hydrogens (tertiary/aromatic N) is 2. The molecule has 0 bridgehead atoms. The maximum absolute atomic E-state index is 13.3. The monoisotopic (exact) mass is 419 g/mol. The fourth-order valence-corrected chi connectivity index (χ4v) is 4.67. The number of benzene rings is 2. The first-order chi connectivity index (χ1) is 14.6. The van der Waals surface area contributed by atoms with Crippen molar-refractivity contribution in [3.8, 4) is 6.07 Å². The number of hydrogen-bond acceptors (Lipinski definition) is 4. The van der Waals surface area contributed by atoms with Crippen LogP contribution in [0.15, 0.2) is 65.2 Å². The summed E-state index contributed by atoms with van der Waals surface area (Å²) in [5.41, 5.74) is 2.97. The zero-order valence-electron chi connectivity index (χ0n) is 17.2. The number of anilines is 1. The number of amides is 2. The maximum atomic E-state index is 13.3. The summed E-state index contributed by atoms with van der Waals surface area (Å²) in [5, 5.41) is 12.1. The highest BCUT2D eigenvalue weighted by Gasteiger charge is 2.40. The van der Waals surface area contributed by atoms with Crippen LogP contribution in [0.1, 0.15) is 30.9 Å². The van der Waals surface area contributed by atoms with Crippen molar-refractivity contribution in [3.63, 3.8) is 0 Å². The van der Waals surface area contributed by atoms with Gasteiger partial charge < -0.3 is 5.32 Å². The number of unbranched alkanes of at least 4 members (excludes halogenated alkanes) is 1. The van der Waals surface area contributed by atoms with E-state index >= 15 is 0 Å². The molecule has 0 saturated carbocycles. The van der Waals surface area contributed by atoms with Gasteiger partial charge in [-0.05, 0) is 42.5 Å². The lowest BCUT2D eigenvalue weighted by Crippen LogP contribution is -2.31. The summed E-state index contributed by atoms with van der Waals surface area (Å²) in [5.74, 6) is -0.609. The molecule has 1 heterocycles. The molecule has 2 aromatic carbocycles. The molecule has 30 heavy (non-hydrogen) atoms. The van der Waals surface area contributed by atoms with Gasteiger partial charge in [-0.2, -0.15) is 5.26 Å². The normalized spacial score (nSPS) is 17.6. The molecule has 1 aliphatic rings. The summed E-state index contributed by atoms with van der Waals surface area (Å²) in [6.07, 6.45) is 3.91. The number of rotatable bonds is 7. The van der Waals surface area contributed by atoms with Crippen LogP contribution in [-0.4, -0.2) is 24.1 Å². The van der Waals surface area contributed by atoms with Gasteiger partial charge in [-0.25, -0.2) is 0 Å². The van der Waals surface area contributed by atoms with Gasteiger partial charge >= 0.3 is 0 Å². The quantitative estimate of drug-likeness (QED) is 0.539. The molecule has 2 amide bonds. The zero-order valence-corrected chi connectivity index (χ0v) is 18.0. The number of likely N-dealkylation sites (N-methyl/N-ethyl adjacent to an activating group) is 1. The van der Waals surface area contributed by atoms with Crippen molar-refractivity contribution >= 4 is 29.3 Å². The smallest absolute Gasteiger partial charge is 0.264 e. The van der Waals surface area contributed by atoms with Gasteiger partial charge in [0.1, 0.15) is 16.7 Å². The fraction of sp³-hybridized carbons (Fsp3) is 0.292. The highest BCUT2D eigenvalue weighted by molar-refractivity contribution is 8.05. The Bertz CT molecular complexity index is 978. The van der Waals surface area contributed by atoms with Gasteiger partial charge in [-0.15, -0.1) is 0 Å². The van der Waals surface area contributed by atoms with Crippen molar-refractivity contribution in [2.24, 2.45) is 0 Å². The van der Waals surface area contributed by atoms with Gasteiger partial charge in [-0.3, -0.25) is 14.5 Å². The van der Waals surface area contributed by atoms with Crippen molar-refractivity contribution in [1.29, 1.82) is 5.26 Å². The first kappa shape index (κ1) is 21.7. The number of carbonyl (C=O) groups is 2. The molecule has 0 spiro atoms. The van der Waals surface area contributed by atoms with Crippen LogP contribution in [0, 0.1) is 11.3 Å². The third kappa shape index (κ3) is 4.74. The van der Waals surface area contributed by atoms with E-state index in [0.29, 0.717) is 17.1 Å². The lowest BCUT2D eigenvalue weighted by atomic mass is 10.0.